The number of ether oxygens (including phenoxy) is 1. The summed E-state index contributed by atoms with van der Waals surface area (Å²) < 4.78 is 6.02. The molecule has 1 aromatic rings. The summed E-state index contributed by atoms with van der Waals surface area (Å²) >= 11 is 1.70. The van der Waals surface area contributed by atoms with Crippen molar-refractivity contribution in [1.29, 1.82) is 0 Å². The van der Waals surface area contributed by atoms with Crippen molar-refractivity contribution in [1.82, 2.24) is 9.80 Å². The Morgan fingerprint density at radius 3 is 2.58 bits per heavy atom. The van der Waals surface area contributed by atoms with Crippen LogP contribution in [0.2, 0.25) is 0 Å². The molecule has 5 heteroatoms. The molecule has 4 nitrogen and oxygen atoms in total. The number of thioether (sulfide) groups is 1. The van der Waals surface area contributed by atoms with Crippen LogP contribution in [0.4, 0.5) is 0 Å². The van der Waals surface area contributed by atoms with E-state index in [1.165, 1.54) is 37.2 Å². The maximum Gasteiger partial charge on any atom is 0.253 e. The van der Waals surface area contributed by atoms with E-state index >= 15 is 0 Å². The fourth-order valence-corrected chi connectivity index (χ4v) is 3.94. The third-order valence-electron chi connectivity index (χ3n) is 4.88. The van der Waals surface area contributed by atoms with E-state index in [2.05, 4.69) is 4.90 Å². The lowest BCUT2D eigenvalue weighted by Crippen LogP contribution is -2.43. The molecule has 0 radical (unpaired) electrons. The molecular weight excluding hydrogens is 320 g/mol. The fourth-order valence-electron chi connectivity index (χ4n) is 3.54. The minimum Gasteiger partial charge on any atom is -0.375 e. The van der Waals surface area contributed by atoms with Gasteiger partial charge in [-0.3, -0.25) is 4.79 Å². The average Bonchev–Trinajstić information content (AvgIpc) is 2.87. The molecule has 132 valence electrons. The highest BCUT2D eigenvalue weighted by Gasteiger charge is 2.25. The Morgan fingerprint density at radius 1 is 1.12 bits per heavy atom. The van der Waals surface area contributed by atoms with Crippen LogP contribution in [0.1, 0.15) is 36.0 Å². The second-order valence-electron chi connectivity index (χ2n) is 6.69. The molecule has 1 aromatic carbocycles. The predicted octanol–water partition coefficient (Wildman–Crippen LogP) is 3.13. The third-order valence-corrected chi connectivity index (χ3v) is 5.63. The molecule has 0 saturated carbocycles. The molecule has 0 aromatic heterocycles. The molecule has 2 aliphatic rings. The van der Waals surface area contributed by atoms with Gasteiger partial charge in [-0.1, -0.05) is 6.42 Å². The van der Waals surface area contributed by atoms with Crippen molar-refractivity contribution in [2.24, 2.45) is 0 Å². The van der Waals surface area contributed by atoms with Crippen LogP contribution in [0.15, 0.2) is 29.2 Å². The van der Waals surface area contributed by atoms with Gasteiger partial charge in [0.05, 0.1) is 6.10 Å². The molecule has 2 saturated heterocycles. The van der Waals surface area contributed by atoms with Crippen LogP contribution in [0.25, 0.3) is 0 Å². The molecule has 1 atom stereocenters. The van der Waals surface area contributed by atoms with Gasteiger partial charge in [-0.2, -0.15) is 0 Å². The van der Waals surface area contributed by atoms with Crippen molar-refractivity contribution < 1.29 is 9.53 Å². The van der Waals surface area contributed by atoms with Crippen molar-refractivity contribution in [2.45, 2.75) is 36.7 Å². The minimum atomic E-state index is 0.136. The van der Waals surface area contributed by atoms with Crippen LogP contribution in [0, 0.1) is 0 Å². The molecule has 0 bridgehead atoms. The van der Waals surface area contributed by atoms with Crippen LogP contribution in [-0.4, -0.2) is 67.4 Å². The Morgan fingerprint density at radius 2 is 1.88 bits per heavy atom. The number of benzene rings is 1. The van der Waals surface area contributed by atoms with E-state index in [0.29, 0.717) is 6.54 Å². The maximum atomic E-state index is 12.8. The summed E-state index contributed by atoms with van der Waals surface area (Å²) in [5, 5.41) is 0. The molecule has 0 spiro atoms. The van der Waals surface area contributed by atoms with Crippen LogP contribution in [-0.2, 0) is 4.74 Å². The van der Waals surface area contributed by atoms with Gasteiger partial charge < -0.3 is 14.5 Å². The van der Waals surface area contributed by atoms with Crippen molar-refractivity contribution in [2.75, 3.05) is 45.6 Å². The first-order chi connectivity index (χ1) is 11.8. The summed E-state index contributed by atoms with van der Waals surface area (Å²) in [6, 6.07) is 7.94. The van der Waals surface area contributed by atoms with E-state index in [1.807, 2.05) is 35.4 Å². The molecule has 3 rings (SSSR count). The second kappa shape index (κ2) is 8.88. The predicted molar refractivity (Wildman–Crippen MR) is 98.8 cm³/mol. The van der Waals surface area contributed by atoms with Crippen molar-refractivity contribution >= 4 is 17.7 Å². The van der Waals surface area contributed by atoms with Gasteiger partial charge in [-0.15, -0.1) is 11.8 Å². The van der Waals surface area contributed by atoms with E-state index in [4.69, 9.17) is 4.74 Å². The van der Waals surface area contributed by atoms with Crippen LogP contribution in [0.5, 0.6) is 0 Å². The number of hydrogen-bond donors (Lipinski definition) is 0. The molecule has 0 aliphatic carbocycles. The lowest BCUT2D eigenvalue weighted by Gasteiger charge is -2.31. The largest absolute Gasteiger partial charge is 0.375 e. The summed E-state index contributed by atoms with van der Waals surface area (Å²) in [4.78, 5) is 18.5. The minimum absolute atomic E-state index is 0.136. The maximum absolute atomic E-state index is 12.8. The third kappa shape index (κ3) is 4.74. The van der Waals surface area contributed by atoms with Crippen LogP contribution < -0.4 is 0 Å². The molecule has 24 heavy (non-hydrogen) atoms. The standard InChI is InChI=1S/C19H28N2O2S/c1-24-18-8-6-16(7-9-18)19(22)21-12-5-13-23-17(15-21)14-20-10-3-2-4-11-20/h6-9,17H,2-5,10-15H2,1H3/t17-/m1/s1. The quantitative estimate of drug-likeness (QED) is 0.783. The zero-order valence-electron chi connectivity index (χ0n) is 14.6. The van der Waals surface area contributed by atoms with Crippen LogP contribution in [0.3, 0.4) is 0 Å². The highest BCUT2D eigenvalue weighted by molar-refractivity contribution is 7.98. The van der Waals surface area contributed by atoms with Gasteiger partial charge in [0.15, 0.2) is 0 Å². The Hall–Kier alpha value is -1.04. The van der Waals surface area contributed by atoms with Gasteiger partial charge in [-0.05, 0) is 62.9 Å². The average molecular weight is 349 g/mol. The molecule has 0 N–H and O–H groups in total. The summed E-state index contributed by atoms with van der Waals surface area (Å²) in [6.07, 6.45) is 7.03. The first kappa shape index (κ1) is 17.8. The van der Waals surface area contributed by atoms with Gasteiger partial charge in [-0.25, -0.2) is 0 Å². The summed E-state index contributed by atoms with van der Waals surface area (Å²) in [7, 11) is 0. The number of hydrogen-bond acceptors (Lipinski definition) is 4. The first-order valence-corrected chi connectivity index (χ1v) is 10.3. The summed E-state index contributed by atoms with van der Waals surface area (Å²) in [5.74, 6) is 0.136. The molecule has 2 heterocycles. The molecule has 0 unspecified atom stereocenters. The Labute approximate surface area is 149 Å². The molecule has 2 aliphatic heterocycles. The number of piperidine rings is 1. The number of nitrogens with zero attached hydrogens (tertiary/aromatic N) is 2. The fraction of sp³-hybridized carbons (Fsp3) is 0.632. The van der Waals surface area contributed by atoms with Crippen molar-refractivity contribution in [3.05, 3.63) is 29.8 Å². The lowest BCUT2D eigenvalue weighted by molar-refractivity contribution is 0.0216. The van der Waals surface area contributed by atoms with E-state index in [1.54, 1.807) is 11.8 Å². The van der Waals surface area contributed by atoms with Crippen LogP contribution >= 0.6 is 11.8 Å². The molecule has 2 fully saturated rings. The first-order valence-electron chi connectivity index (χ1n) is 9.03. The normalized spacial score (nSPS) is 23.0. The number of likely N-dealkylation sites (tertiary alicyclic amines) is 1. The van der Waals surface area contributed by atoms with E-state index < -0.39 is 0 Å². The van der Waals surface area contributed by atoms with Crippen molar-refractivity contribution in [3.63, 3.8) is 0 Å². The highest BCUT2D eigenvalue weighted by Crippen LogP contribution is 2.18. The Kier molecular flexibility index (Phi) is 6.58. The monoisotopic (exact) mass is 348 g/mol. The van der Waals surface area contributed by atoms with Gasteiger partial charge in [0.25, 0.3) is 5.91 Å². The van der Waals surface area contributed by atoms with Crippen molar-refractivity contribution in [3.8, 4) is 0 Å². The van der Waals surface area contributed by atoms with E-state index in [9.17, 15) is 4.79 Å². The van der Waals surface area contributed by atoms with E-state index in [-0.39, 0.29) is 12.0 Å². The highest BCUT2D eigenvalue weighted by atomic mass is 32.2. The van der Waals surface area contributed by atoms with Gasteiger partial charge >= 0.3 is 0 Å². The van der Waals surface area contributed by atoms with Gasteiger partial charge in [0.1, 0.15) is 0 Å². The topological polar surface area (TPSA) is 32.8 Å². The zero-order valence-corrected chi connectivity index (χ0v) is 15.4. The SMILES string of the molecule is CSc1ccc(C(=O)N2CCCO[C@H](CN3CCCCC3)C2)cc1. The lowest BCUT2D eigenvalue weighted by atomic mass is 10.1. The summed E-state index contributed by atoms with van der Waals surface area (Å²) in [5.41, 5.74) is 0.784. The second-order valence-corrected chi connectivity index (χ2v) is 7.57. The number of carbonyl (C=O) groups excluding carboxylic acids is 1. The Balaban J connectivity index is 1.61. The zero-order chi connectivity index (χ0) is 16.8. The van der Waals surface area contributed by atoms with E-state index in [0.717, 1.165) is 31.7 Å². The van der Waals surface area contributed by atoms with Gasteiger partial charge in [0, 0.05) is 36.7 Å². The Bertz CT molecular complexity index is 529. The smallest absolute Gasteiger partial charge is 0.253 e. The summed E-state index contributed by atoms with van der Waals surface area (Å²) in [6.45, 7) is 5.55. The van der Waals surface area contributed by atoms with Gasteiger partial charge in [0.2, 0.25) is 0 Å². The number of carbonyl (C=O) groups is 1. The number of rotatable bonds is 4. The molecule has 1 amide bonds. The number of amides is 1. The molecular formula is C19H28N2O2S.